The number of carbonyl (C=O) groups excluding carboxylic acids is 2. The molecule has 0 fully saturated rings. The molecule has 19 heavy (non-hydrogen) atoms. The number of methoxy groups -OCH3 is 1. The van der Waals surface area contributed by atoms with E-state index in [9.17, 15) is 19.7 Å². The van der Waals surface area contributed by atoms with E-state index in [0.29, 0.717) is 0 Å². The van der Waals surface area contributed by atoms with Crippen LogP contribution in [0.25, 0.3) is 0 Å². The summed E-state index contributed by atoms with van der Waals surface area (Å²) in [6.45, 7) is 1.27. The standard InChI is InChI=1S/C11H10ClNO6/c1-6(10(14)18-2)11(15)19-9-4-3-7(12)5-8(9)13(16)17/h3-6H,1-2H3. The van der Waals surface area contributed by atoms with E-state index in [1.807, 2.05) is 0 Å². The van der Waals surface area contributed by atoms with Crippen LogP contribution in [0, 0.1) is 16.0 Å². The fourth-order valence-electron chi connectivity index (χ4n) is 1.19. The van der Waals surface area contributed by atoms with Crippen LogP contribution in [0.1, 0.15) is 6.92 Å². The minimum Gasteiger partial charge on any atom is -0.468 e. The summed E-state index contributed by atoms with van der Waals surface area (Å²) in [6.07, 6.45) is 0. The van der Waals surface area contributed by atoms with Gasteiger partial charge in [-0.2, -0.15) is 0 Å². The lowest BCUT2D eigenvalue weighted by molar-refractivity contribution is -0.385. The molecule has 0 aliphatic rings. The molecule has 0 saturated heterocycles. The third-order valence-electron chi connectivity index (χ3n) is 2.24. The van der Waals surface area contributed by atoms with Crippen molar-refractivity contribution in [3.63, 3.8) is 0 Å². The summed E-state index contributed by atoms with van der Waals surface area (Å²) in [7, 11) is 1.12. The van der Waals surface area contributed by atoms with Gasteiger partial charge in [-0.3, -0.25) is 19.7 Å². The molecule has 8 heteroatoms. The summed E-state index contributed by atoms with van der Waals surface area (Å²) < 4.78 is 9.18. The van der Waals surface area contributed by atoms with E-state index < -0.39 is 28.5 Å². The van der Waals surface area contributed by atoms with Gasteiger partial charge in [0.15, 0.2) is 5.92 Å². The first-order chi connectivity index (χ1) is 8.86. The number of esters is 2. The molecule has 1 atom stereocenters. The third-order valence-corrected chi connectivity index (χ3v) is 2.47. The van der Waals surface area contributed by atoms with Crippen molar-refractivity contribution in [1.82, 2.24) is 0 Å². The molecule has 0 heterocycles. The molecule has 0 aliphatic carbocycles. The van der Waals surface area contributed by atoms with Crippen molar-refractivity contribution in [2.45, 2.75) is 6.92 Å². The molecule has 0 aromatic heterocycles. The zero-order chi connectivity index (χ0) is 14.6. The van der Waals surface area contributed by atoms with Crippen LogP contribution in [0.15, 0.2) is 18.2 Å². The molecule has 0 spiro atoms. The molecule has 1 aromatic carbocycles. The van der Waals surface area contributed by atoms with Crippen LogP contribution in [0.5, 0.6) is 5.75 Å². The van der Waals surface area contributed by atoms with Gasteiger partial charge in [-0.1, -0.05) is 11.6 Å². The van der Waals surface area contributed by atoms with Crippen LogP contribution in [-0.4, -0.2) is 24.0 Å². The highest BCUT2D eigenvalue weighted by molar-refractivity contribution is 6.30. The molecule has 0 bridgehead atoms. The molecule has 0 amide bonds. The predicted octanol–water partition coefficient (Wildman–Crippen LogP) is 1.96. The molecule has 7 nitrogen and oxygen atoms in total. The average Bonchev–Trinajstić information content (AvgIpc) is 2.38. The Morgan fingerprint density at radius 2 is 2.00 bits per heavy atom. The Hall–Kier alpha value is -2.15. The maximum Gasteiger partial charge on any atom is 0.325 e. The van der Waals surface area contributed by atoms with E-state index in [0.717, 1.165) is 13.2 Å². The van der Waals surface area contributed by atoms with Crippen LogP contribution in [-0.2, 0) is 14.3 Å². The summed E-state index contributed by atoms with van der Waals surface area (Å²) in [5.74, 6) is -3.20. The monoisotopic (exact) mass is 287 g/mol. The maximum absolute atomic E-state index is 11.6. The van der Waals surface area contributed by atoms with Gasteiger partial charge in [0, 0.05) is 11.1 Å². The van der Waals surface area contributed by atoms with Crippen LogP contribution in [0.2, 0.25) is 5.02 Å². The quantitative estimate of drug-likeness (QED) is 0.276. The van der Waals surface area contributed by atoms with Crippen molar-refractivity contribution in [2.24, 2.45) is 5.92 Å². The van der Waals surface area contributed by atoms with Crippen LogP contribution < -0.4 is 4.74 Å². The average molecular weight is 288 g/mol. The van der Waals surface area contributed by atoms with Gasteiger partial charge in [-0.15, -0.1) is 0 Å². The lowest BCUT2D eigenvalue weighted by atomic mass is 10.2. The van der Waals surface area contributed by atoms with Crippen molar-refractivity contribution in [1.29, 1.82) is 0 Å². The maximum atomic E-state index is 11.6. The smallest absolute Gasteiger partial charge is 0.325 e. The topological polar surface area (TPSA) is 95.7 Å². The fourth-order valence-corrected chi connectivity index (χ4v) is 1.36. The normalized spacial score (nSPS) is 11.5. The minimum absolute atomic E-state index is 0.132. The fraction of sp³-hybridized carbons (Fsp3) is 0.273. The van der Waals surface area contributed by atoms with E-state index in [-0.39, 0.29) is 10.8 Å². The van der Waals surface area contributed by atoms with Gasteiger partial charge in [-0.05, 0) is 19.1 Å². The summed E-state index contributed by atoms with van der Waals surface area (Å²) in [5.41, 5.74) is -0.460. The number of benzene rings is 1. The highest BCUT2D eigenvalue weighted by Crippen LogP contribution is 2.30. The zero-order valence-electron chi connectivity index (χ0n) is 10.1. The number of nitro benzene ring substituents is 1. The molecular formula is C11H10ClNO6. The Labute approximate surface area is 113 Å². The largest absolute Gasteiger partial charge is 0.468 e. The van der Waals surface area contributed by atoms with Crippen molar-refractivity contribution in [3.8, 4) is 5.75 Å². The van der Waals surface area contributed by atoms with Gasteiger partial charge in [0.1, 0.15) is 0 Å². The number of halogens is 1. The number of hydrogen-bond acceptors (Lipinski definition) is 6. The predicted molar refractivity (Wildman–Crippen MR) is 64.9 cm³/mol. The molecule has 0 radical (unpaired) electrons. The molecule has 102 valence electrons. The number of rotatable bonds is 4. The molecule has 0 N–H and O–H groups in total. The number of nitro groups is 1. The Morgan fingerprint density at radius 1 is 1.37 bits per heavy atom. The first-order valence-corrected chi connectivity index (χ1v) is 5.48. The summed E-state index contributed by atoms with van der Waals surface area (Å²) >= 11 is 5.61. The molecule has 1 aromatic rings. The summed E-state index contributed by atoms with van der Waals surface area (Å²) in [4.78, 5) is 32.8. The third kappa shape index (κ3) is 3.65. The number of ether oxygens (including phenoxy) is 2. The number of nitrogens with zero attached hydrogens (tertiary/aromatic N) is 1. The van der Waals surface area contributed by atoms with Crippen LogP contribution >= 0.6 is 11.6 Å². The van der Waals surface area contributed by atoms with Gasteiger partial charge in [0.2, 0.25) is 5.75 Å². The zero-order valence-corrected chi connectivity index (χ0v) is 10.8. The van der Waals surface area contributed by atoms with Crippen molar-refractivity contribution >= 4 is 29.2 Å². The van der Waals surface area contributed by atoms with E-state index >= 15 is 0 Å². The van der Waals surface area contributed by atoms with E-state index in [1.165, 1.54) is 19.1 Å². The van der Waals surface area contributed by atoms with Gasteiger partial charge < -0.3 is 9.47 Å². The van der Waals surface area contributed by atoms with E-state index in [4.69, 9.17) is 16.3 Å². The van der Waals surface area contributed by atoms with Crippen LogP contribution in [0.4, 0.5) is 5.69 Å². The van der Waals surface area contributed by atoms with Gasteiger partial charge in [0.05, 0.1) is 12.0 Å². The summed E-state index contributed by atoms with van der Waals surface area (Å²) in [6, 6.07) is 3.56. The van der Waals surface area contributed by atoms with Gasteiger partial charge >= 0.3 is 17.6 Å². The van der Waals surface area contributed by atoms with Gasteiger partial charge in [0.25, 0.3) is 0 Å². The Bertz CT molecular complexity index is 530. The van der Waals surface area contributed by atoms with Crippen molar-refractivity contribution < 1.29 is 24.0 Å². The Kier molecular flexibility index (Phi) is 4.82. The van der Waals surface area contributed by atoms with Crippen molar-refractivity contribution in [2.75, 3.05) is 7.11 Å². The highest BCUT2D eigenvalue weighted by atomic mass is 35.5. The molecule has 0 saturated carbocycles. The minimum atomic E-state index is -1.18. The Balaban J connectivity index is 2.97. The lowest BCUT2D eigenvalue weighted by Gasteiger charge is -2.09. The SMILES string of the molecule is COC(=O)C(C)C(=O)Oc1ccc(Cl)cc1[N+](=O)[O-]. The second-order valence-corrected chi connectivity index (χ2v) is 3.97. The molecule has 1 unspecified atom stereocenters. The first kappa shape index (κ1) is 14.9. The van der Waals surface area contributed by atoms with Crippen molar-refractivity contribution in [3.05, 3.63) is 33.3 Å². The number of hydrogen-bond donors (Lipinski definition) is 0. The van der Waals surface area contributed by atoms with E-state index in [1.54, 1.807) is 0 Å². The van der Waals surface area contributed by atoms with Gasteiger partial charge in [-0.25, -0.2) is 0 Å². The number of carbonyl (C=O) groups is 2. The second-order valence-electron chi connectivity index (χ2n) is 3.54. The molecule has 1 rings (SSSR count). The summed E-state index contributed by atoms with van der Waals surface area (Å²) in [5, 5.41) is 10.9. The lowest BCUT2D eigenvalue weighted by Crippen LogP contribution is -2.26. The molecule has 0 aliphatic heterocycles. The van der Waals surface area contributed by atoms with E-state index in [2.05, 4.69) is 4.74 Å². The first-order valence-electron chi connectivity index (χ1n) is 5.10. The Morgan fingerprint density at radius 3 is 2.53 bits per heavy atom. The molecular weight excluding hydrogens is 278 g/mol. The van der Waals surface area contributed by atoms with Crippen LogP contribution in [0.3, 0.4) is 0 Å². The second kappa shape index (κ2) is 6.14. The highest BCUT2D eigenvalue weighted by Gasteiger charge is 2.27.